The number of ketones is 1. The molecule has 1 saturated heterocycles. The van der Waals surface area contributed by atoms with Crippen LogP contribution in [0.3, 0.4) is 0 Å². The van der Waals surface area contributed by atoms with Crippen LogP contribution in [0.5, 0.6) is 0 Å². The number of carbonyl (C=O) groups excluding carboxylic acids is 2. The van der Waals surface area contributed by atoms with E-state index in [1.807, 2.05) is 10.8 Å². The van der Waals surface area contributed by atoms with Gasteiger partial charge in [-0.1, -0.05) is 41.4 Å². The van der Waals surface area contributed by atoms with Crippen LogP contribution in [0.15, 0.2) is 72.8 Å². The number of amides is 1. The Morgan fingerprint density at radius 2 is 1.77 bits per heavy atom. The molecule has 0 saturated carbocycles. The zero-order valence-electron chi connectivity index (χ0n) is 16.4. The summed E-state index contributed by atoms with van der Waals surface area (Å²) in [4.78, 5) is 31.4. The largest absolute Gasteiger partial charge is 0.507 e. The monoisotopic (exact) mass is 455 g/mol. The molecule has 158 valence electrons. The molecule has 1 fully saturated rings. The second-order valence-corrected chi connectivity index (χ2v) is 8.02. The normalized spacial score (nSPS) is 18.0. The second kappa shape index (κ2) is 8.96. The van der Waals surface area contributed by atoms with Crippen molar-refractivity contribution in [1.29, 1.82) is 0 Å². The summed E-state index contributed by atoms with van der Waals surface area (Å²) in [5, 5.41) is 11.9. The molecule has 0 radical (unpaired) electrons. The van der Waals surface area contributed by atoms with Gasteiger partial charge in [0, 0.05) is 41.1 Å². The summed E-state index contributed by atoms with van der Waals surface area (Å²) < 4.78 is 1.90. The quantitative estimate of drug-likeness (QED) is 0.332. The van der Waals surface area contributed by atoms with Crippen molar-refractivity contribution in [3.8, 4) is 0 Å². The van der Waals surface area contributed by atoms with Gasteiger partial charge in [-0.15, -0.1) is 0 Å². The highest BCUT2D eigenvalue weighted by atomic mass is 35.5. The van der Waals surface area contributed by atoms with Crippen LogP contribution in [-0.4, -0.2) is 37.8 Å². The maximum Gasteiger partial charge on any atom is 0.295 e. The lowest BCUT2D eigenvalue weighted by molar-refractivity contribution is -0.139. The number of aryl methyl sites for hydroxylation is 1. The summed E-state index contributed by atoms with van der Waals surface area (Å²) in [7, 11) is 0. The van der Waals surface area contributed by atoms with Gasteiger partial charge in [-0.3, -0.25) is 9.59 Å². The Bertz CT molecular complexity index is 1140. The Morgan fingerprint density at radius 1 is 1.03 bits per heavy atom. The molecular weight excluding hydrogens is 437 g/mol. The molecular formula is C23H19Cl2N3O3. The smallest absolute Gasteiger partial charge is 0.295 e. The molecule has 1 unspecified atom stereocenters. The fourth-order valence-electron chi connectivity index (χ4n) is 3.74. The molecule has 8 heteroatoms. The van der Waals surface area contributed by atoms with Crippen LogP contribution < -0.4 is 0 Å². The van der Waals surface area contributed by atoms with E-state index in [1.165, 1.54) is 4.90 Å². The van der Waals surface area contributed by atoms with E-state index < -0.39 is 17.7 Å². The minimum absolute atomic E-state index is 0.0167. The van der Waals surface area contributed by atoms with E-state index in [-0.39, 0.29) is 11.3 Å². The van der Waals surface area contributed by atoms with Crippen molar-refractivity contribution in [1.82, 2.24) is 14.5 Å². The molecule has 3 aromatic rings. The van der Waals surface area contributed by atoms with Crippen molar-refractivity contribution < 1.29 is 14.7 Å². The first-order valence-electron chi connectivity index (χ1n) is 9.72. The third kappa shape index (κ3) is 4.22. The lowest BCUT2D eigenvalue weighted by Crippen LogP contribution is -2.31. The number of Topliss-reactive ketones (excluding diaryl/α,β-unsaturated/α-hetero) is 1. The summed E-state index contributed by atoms with van der Waals surface area (Å²) in [6.07, 6.45) is 5.81. The van der Waals surface area contributed by atoms with Crippen LogP contribution in [0.1, 0.15) is 23.6 Å². The molecule has 1 atom stereocenters. The molecule has 1 aromatic heterocycles. The summed E-state index contributed by atoms with van der Waals surface area (Å²) in [5.41, 5.74) is 1.00. The third-order valence-corrected chi connectivity index (χ3v) is 5.83. The van der Waals surface area contributed by atoms with Gasteiger partial charge in [0.15, 0.2) is 0 Å². The molecule has 2 heterocycles. The number of halogens is 2. The van der Waals surface area contributed by atoms with Crippen LogP contribution in [-0.2, 0) is 16.1 Å². The first-order chi connectivity index (χ1) is 15.0. The van der Waals surface area contributed by atoms with Crippen molar-refractivity contribution in [3.05, 3.63) is 94.0 Å². The molecule has 1 N–H and O–H groups in total. The highest BCUT2D eigenvalue weighted by Gasteiger charge is 2.46. The minimum atomic E-state index is -0.785. The van der Waals surface area contributed by atoms with Gasteiger partial charge in [-0.05, 0) is 42.3 Å². The van der Waals surface area contributed by atoms with E-state index in [4.69, 9.17) is 23.2 Å². The Labute approximate surface area is 189 Å². The number of aliphatic hydroxyl groups excluding tert-OH is 1. The number of rotatable bonds is 6. The Hall–Kier alpha value is -3.09. The van der Waals surface area contributed by atoms with Crippen LogP contribution >= 0.6 is 23.2 Å². The lowest BCUT2D eigenvalue weighted by Gasteiger charge is -2.26. The van der Waals surface area contributed by atoms with E-state index >= 15 is 0 Å². The Balaban J connectivity index is 1.75. The number of benzene rings is 2. The van der Waals surface area contributed by atoms with Gasteiger partial charge < -0.3 is 14.6 Å². The van der Waals surface area contributed by atoms with Crippen LogP contribution in [0.4, 0.5) is 0 Å². The van der Waals surface area contributed by atoms with Gasteiger partial charge in [0.05, 0.1) is 17.9 Å². The van der Waals surface area contributed by atoms with Crippen molar-refractivity contribution in [3.63, 3.8) is 0 Å². The number of imidazole rings is 1. The predicted molar refractivity (Wildman–Crippen MR) is 119 cm³/mol. The number of aromatic nitrogens is 2. The standard InChI is InChI=1S/C23H19Cl2N3O3/c24-16-8-6-15(7-9-16)21(29)19-20(17-4-1-2-5-18(17)25)28(23(31)22(19)30)12-3-11-27-13-10-26-14-27/h1-2,4-10,13-14,20,29H,3,11-12H2. The lowest BCUT2D eigenvalue weighted by atomic mass is 9.95. The van der Waals surface area contributed by atoms with Crippen molar-refractivity contribution >= 4 is 40.7 Å². The minimum Gasteiger partial charge on any atom is -0.507 e. The number of carbonyl (C=O) groups is 2. The van der Waals surface area contributed by atoms with E-state index in [0.717, 1.165) is 0 Å². The topological polar surface area (TPSA) is 75.4 Å². The second-order valence-electron chi connectivity index (χ2n) is 7.17. The number of hydrogen-bond acceptors (Lipinski definition) is 4. The van der Waals surface area contributed by atoms with E-state index in [9.17, 15) is 14.7 Å². The van der Waals surface area contributed by atoms with E-state index in [1.54, 1.807) is 61.1 Å². The highest BCUT2D eigenvalue weighted by Crippen LogP contribution is 2.41. The first-order valence-corrected chi connectivity index (χ1v) is 10.5. The van der Waals surface area contributed by atoms with E-state index in [0.29, 0.717) is 40.7 Å². The molecule has 1 aliphatic rings. The molecule has 31 heavy (non-hydrogen) atoms. The zero-order valence-corrected chi connectivity index (χ0v) is 17.9. The average Bonchev–Trinajstić information content (AvgIpc) is 3.36. The predicted octanol–water partition coefficient (Wildman–Crippen LogP) is 4.70. The van der Waals surface area contributed by atoms with Crippen LogP contribution in [0.25, 0.3) is 5.76 Å². The van der Waals surface area contributed by atoms with Crippen LogP contribution in [0.2, 0.25) is 10.0 Å². The maximum atomic E-state index is 13.0. The van der Waals surface area contributed by atoms with Gasteiger partial charge in [0.1, 0.15) is 5.76 Å². The Morgan fingerprint density at radius 3 is 2.45 bits per heavy atom. The number of aliphatic hydroxyl groups is 1. The number of hydrogen-bond donors (Lipinski definition) is 1. The summed E-state index contributed by atoms with van der Waals surface area (Å²) >= 11 is 12.4. The molecule has 2 aromatic carbocycles. The zero-order chi connectivity index (χ0) is 22.0. The average molecular weight is 456 g/mol. The van der Waals surface area contributed by atoms with Crippen LogP contribution in [0, 0.1) is 0 Å². The fourth-order valence-corrected chi connectivity index (χ4v) is 4.10. The van der Waals surface area contributed by atoms with Gasteiger partial charge in [0.25, 0.3) is 11.7 Å². The molecule has 1 amide bonds. The molecule has 0 aliphatic carbocycles. The van der Waals surface area contributed by atoms with E-state index in [2.05, 4.69) is 4.98 Å². The maximum absolute atomic E-state index is 13.0. The SMILES string of the molecule is O=C1C(=O)N(CCCn2ccnc2)C(c2ccccc2Cl)C1=C(O)c1ccc(Cl)cc1. The van der Waals surface area contributed by atoms with Crippen molar-refractivity contribution in [2.75, 3.05) is 6.54 Å². The molecule has 0 bridgehead atoms. The summed E-state index contributed by atoms with van der Waals surface area (Å²) in [5.74, 6) is -1.65. The highest BCUT2D eigenvalue weighted by molar-refractivity contribution is 6.47. The van der Waals surface area contributed by atoms with Gasteiger partial charge in [-0.25, -0.2) is 4.98 Å². The number of nitrogens with zero attached hydrogens (tertiary/aromatic N) is 3. The Kier molecular flexibility index (Phi) is 6.11. The molecule has 4 rings (SSSR count). The fraction of sp³-hybridized carbons (Fsp3) is 0.174. The summed E-state index contributed by atoms with van der Waals surface area (Å²) in [6, 6.07) is 12.7. The molecule has 6 nitrogen and oxygen atoms in total. The molecule has 0 spiro atoms. The van der Waals surface area contributed by atoms with Gasteiger partial charge in [-0.2, -0.15) is 0 Å². The van der Waals surface area contributed by atoms with Crippen molar-refractivity contribution in [2.24, 2.45) is 0 Å². The first kappa shape index (κ1) is 21.2. The summed E-state index contributed by atoms with van der Waals surface area (Å²) in [6.45, 7) is 0.950. The molecule has 1 aliphatic heterocycles. The van der Waals surface area contributed by atoms with Crippen molar-refractivity contribution in [2.45, 2.75) is 19.0 Å². The third-order valence-electron chi connectivity index (χ3n) is 5.23. The number of likely N-dealkylation sites (tertiary alicyclic amines) is 1. The van der Waals surface area contributed by atoms with Gasteiger partial charge in [0.2, 0.25) is 0 Å². The van der Waals surface area contributed by atoms with Gasteiger partial charge >= 0.3 is 0 Å².